The number of nitrogens with one attached hydrogen (secondary N) is 1. The number of halogens is 2. The molecule has 2 aromatic rings. The first-order valence-corrected chi connectivity index (χ1v) is 8.97. The topological polar surface area (TPSA) is 67.3 Å². The van der Waals surface area contributed by atoms with Gasteiger partial charge in [-0.15, -0.1) is 11.3 Å². The highest BCUT2D eigenvalue weighted by Gasteiger charge is 2.20. The summed E-state index contributed by atoms with van der Waals surface area (Å²) in [5, 5.41) is 2.84. The summed E-state index contributed by atoms with van der Waals surface area (Å²) >= 11 is 13.1. The van der Waals surface area contributed by atoms with Crippen LogP contribution in [0.3, 0.4) is 0 Å². The van der Waals surface area contributed by atoms with Crippen LogP contribution >= 0.6 is 34.5 Å². The van der Waals surface area contributed by atoms with Crippen LogP contribution in [-0.2, 0) is 4.74 Å². The number of carbonyl (C=O) groups is 1. The molecular formula is C15H16Cl2N4O2S. The van der Waals surface area contributed by atoms with Gasteiger partial charge in [0.1, 0.15) is 4.34 Å². The molecule has 6 nitrogen and oxygen atoms in total. The van der Waals surface area contributed by atoms with E-state index in [4.69, 9.17) is 27.9 Å². The lowest BCUT2D eigenvalue weighted by atomic mass is 10.2. The second-order valence-electron chi connectivity index (χ2n) is 5.36. The van der Waals surface area contributed by atoms with Crippen molar-refractivity contribution in [2.45, 2.75) is 13.8 Å². The summed E-state index contributed by atoms with van der Waals surface area (Å²) < 4.78 is 6.17. The molecule has 3 rings (SSSR count). The van der Waals surface area contributed by atoms with Crippen molar-refractivity contribution in [2.24, 2.45) is 0 Å². The minimum atomic E-state index is -0.322. The smallest absolute Gasteiger partial charge is 0.258 e. The number of ether oxygens (including phenoxy) is 1. The number of thiophene rings is 1. The minimum absolute atomic E-state index is 0.322. The zero-order valence-corrected chi connectivity index (χ0v) is 15.6. The van der Waals surface area contributed by atoms with Crippen LogP contribution in [0.5, 0.6) is 0 Å². The third kappa shape index (κ3) is 3.64. The molecule has 0 aliphatic carbocycles. The van der Waals surface area contributed by atoms with Crippen molar-refractivity contribution in [3.8, 4) is 0 Å². The molecular weight excluding hydrogens is 371 g/mol. The Balaban J connectivity index is 1.83. The SMILES string of the molecule is Cc1nc(N2CCOCC2)nc(C)c1NC(=O)c1cc(Cl)sc1Cl. The van der Waals surface area contributed by atoms with E-state index in [9.17, 15) is 4.79 Å². The number of hydrogen-bond donors (Lipinski definition) is 1. The van der Waals surface area contributed by atoms with Gasteiger partial charge in [0.2, 0.25) is 5.95 Å². The summed E-state index contributed by atoms with van der Waals surface area (Å²) in [4.78, 5) is 23.5. The lowest BCUT2D eigenvalue weighted by molar-refractivity contribution is 0.102. The molecule has 1 aliphatic heterocycles. The third-order valence-electron chi connectivity index (χ3n) is 3.69. The van der Waals surface area contributed by atoms with Crippen LogP contribution in [0.15, 0.2) is 6.07 Å². The first kappa shape index (κ1) is 17.4. The summed E-state index contributed by atoms with van der Waals surface area (Å²) in [6.45, 7) is 6.53. The van der Waals surface area contributed by atoms with Crippen molar-refractivity contribution in [1.82, 2.24) is 9.97 Å². The van der Waals surface area contributed by atoms with Crippen molar-refractivity contribution in [2.75, 3.05) is 36.5 Å². The summed E-state index contributed by atoms with van der Waals surface area (Å²) in [6.07, 6.45) is 0. The van der Waals surface area contributed by atoms with Gasteiger partial charge in [0.25, 0.3) is 5.91 Å². The molecule has 0 saturated carbocycles. The lowest BCUT2D eigenvalue weighted by Gasteiger charge is -2.27. The van der Waals surface area contributed by atoms with Gasteiger partial charge in [-0.2, -0.15) is 0 Å². The molecule has 0 atom stereocenters. The van der Waals surface area contributed by atoms with E-state index in [-0.39, 0.29) is 5.91 Å². The number of carbonyl (C=O) groups excluding carboxylic acids is 1. The van der Waals surface area contributed by atoms with Gasteiger partial charge >= 0.3 is 0 Å². The third-order valence-corrected chi connectivity index (χ3v) is 5.18. The van der Waals surface area contributed by atoms with E-state index >= 15 is 0 Å². The fourth-order valence-corrected chi connectivity index (χ4v) is 3.92. The normalized spacial score (nSPS) is 14.8. The molecule has 1 amide bonds. The Morgan fingerprint density at radius 2 is 1.88 bits per heavy atom. The van der Waals surface area contributed by atoms with Gasteiger partial charge in [0.05, 0.1) is 40.2 Å². The maximum Gasteiger partial charge on any atom is 0.258 e. The molecule has 9 heteroatoms. The Bertz CT molecular complexity index is 752. The zero-order valence-electron chi connectivity index (χ0n) is 13.2. The molecule has 0 aromatic carbocycles. The van der Waals surface area contributed by atoms with Crippen molar-refractivity contribution in [1.29, 1.82) is 0 Å². The van der Waals surface area contributed by atoms with Gasteiger partial charge in [-0.05, 0) is 19.9 Å². The van der Waals surface area contributed by atoms with Gasteiger partial charge in [-0.1, -0.05) is 23.2 Å². The Kier molecular flexibility index (Phi) is 5.24. The summed E-state index contributed by atoms with van der Waals surface area (Å²) in [5.41, 5.74) is 2.35. The predicted octanol–water partition coefficient (Wildman–Crippen LogP) is 3.55. The van der Waals surface area contributed by atoms with Gasteiger partial charge < -0.3 is 15.0 Å². The van der Waals surface area contributed by atoms with Crippen molar-refractivity contribution < 1.29 is 9.53 Å². The van der Waals surface area contributed by atoms with Crippen LogP contribution in [0.25, 0.3) is 0 Å². The number of aryl methyl sites for hydroxylation is 2. The average Bonchev–Trinajstić information content (AvgIpc) is 2.90. The van der Waals surface area contributed by atoms with Gasteiger partial charge in [0.15, 0.2) is 0 Å². The zero-order chi connectivity index (χ0) is 17.3. The van der Waals surface area contributed by atoms with Crippen LogP contribution in [0.4, 0.5) is 11.6 Å². The van der Waals surface area contributed by atoms with Crippen LogP contribution in [0.2, 0.25) is 8.67 Å². The fraction of sp³-hybridized carbons (Fsp3) is 0.400. The highest BCUT2D eigenvalue weighted by Crippen LogP contribution is 2.32. The summed E-state index contributed by atoms with van der Waals surface area (Å²) in [5.74, 6) is 0.333. The van der Waals surface area contributed by atoms with Crippen molar-refractivity contribution in [3.05, 3.63) is 31.7 Å². The summed E-state index contributed by atoms with van der Waals surface area (Å²) in [7, 11) is 0. The molecule has 1 saturated heterocycles. The molecule has 0 radical (unpaired) electrons. The highest BCUT2D eigenvalue weighted by atomic mass is 35.5. The molecule has 0 unspecified atom stereocenters. The number of amides is 1. The number of aromatic nitrogens is 2. The van der Waals surface area contributed by atoms with Crippen molar-refractivity contribution >= 4 is 52.1 Å². The molecule has 3 heterocycles. The molecule has 1 aliphatic rings. The summed E-state index contributed by atoms with van der Waals surface area (Å²) in [6, 6.07) is 1.55. The maximum absolute atomic E-state index is 12.4. The number of rotatable bonds is 3. The minimum Gasteiger partial charge on any atom is -0.378 e. The lowest BCUT2D eigenvalue weighted by Crippen LogP contribution is -2.37. The Labute approximate surface area is 153 Å². The Hall–Kier alpha value is -1.41. The number of nitrogens with zero attached hydrogens (tertiary/aromatic N) is 3. The van der Waals surface area contributed by atoms with E-state index in [2.05, 4.69) is 20.2 Å². The molecule has 1 fully saturated rings. The van der Waals surface area contributed by atoms with Gasteiger partial charge in [0, 0.05) is 13.1 Å². The molecule has 2 aromatic heterocycles. The first-order valence-electron chi connectivity index (χ1n) is 7.40. The standard InChI is InChI=1S/C15H16Cl2N4O2S/c1-8-12(20-14(22)10-7-11(16)24-13(10)17)9(2)19-15(18-8)21-3-5-23-6-4-21/h7H,3-6H2,1-2H3,(H,20,22). The molecule has 24 heavy (non-hydrogen) atoms. The van der Waals surface area contributed by atoms with Gasteiger partial charge in [-0.3, -0.25) is 4.79 Å². The van der Waals surface area contributed by atoms with E-state index in [1.807, 2.05) is 13.8 Å². The first-order chi connectivity index (χ1) is 11.5. The highest BCUT2D eigenvalue weighted by molar-refractivity contribution is 7.20. The van der Waals surface area contributed by atoms with Crippen LogP contribution in [-0.4, -0.2) is 42.2 Å². The second kappa shape index (κ2) is 7.23. The van der Waals surface area contributed by atoms with E-state index in [1.54, 1.807) is 6.07 Å². The molecule has 0 spiro atoms. The van der Waals surface area contributed by atoms with Gasteiger partial charge in [-0.25, -0.2) is 9.97 Å². The van der Waals surface area contributed by atoms with E-state index in [0.29, 0.717) is 50.5 Å². The average molecular weight is 387 g/mol. The van der Waals surface area contributed by atoms with E-state index in [1.165, 1.54) is 0 Å². The molecule has 0 bridgehead atoms. The fourth-order valence-electron chi connectivity index (χ4n) is 2.46. The second-order valence-corrected chi connectivity index (χ2v) is 7.65. The molecule has 1 N–H and O–H groups in total. The largest absolute Gasteiger partial charge is 0.378 e. The maximum atomic E-state index is 12.4. The van der Waals surface area contributed by atoms with E-state index in [0.717, 1.165) is 24.4 Å². The van der Waals surface area contributed by atoms with Crippen LogP contribution in [0.1, 0.15) is 21.7 Å². The molecule has 128 valence electrons. The van der Waals surface area contributed by atoms with Crippen LogP contribution < -0.4 is 10.2 Å². The quantitative estimate of drug-likeness (QED) is 0.873. The number of hydrogen-bond acceptors (Lipinski definition) is 6. The monoisotopic (exact) mass is 386 g/mol. The number of morpholine rings is 1. The Morgan fingerprint density at radius 1 is 1.25 bits per heavy atom. The van der Waals surface area contributed by atoms with Crippen molar-refractivity contribution in [3.63, 3.8) is 0 Å². The van der Waals surface area contributed by atoms with E-state index < -0.39 is 0 Å². The van der Waals surface area contributed by atoms with Crippen LogP contribution in [0, 0.1) is 13.8 Å². The number of anilines is 2. The predicted molar refractivity (Wildman–Crippen MR) is 96.8 cm³/mol. The Morgan fingerprint density at radius 3 is 2.42 bits per heavy atom.